The highest BCUT2D eigenvalue weighted by atomic mass is 16.5. The van der Waals surface area contributed by atoms with E-state index in [0.717, 1.165) is 18.7 Å². The molecule has 2 unspecified atom stereocenters. The third-order valence-electron chi connectivity index (χ3n) is 4.23. The molecule has 1 aromatic rings. The second-order valence-electron chi connectivity index (χ2n) is 5.45. The van der Waals surface area contributed by atoms with E-state index in [1.165, 1.54) is 19.3 Å². The molecule has 0 amide bonds. The first kappa shape index (κ1) is 15.8. The first-order valence-corrected chi connectivity index (χ1v) is 7.50. The summed E-state index contributed by atoms with van der Waals surface area (Å²) in [7, 11) is 4.87. The number of methoxy groups -OCH3 is 3. The molecule has 0 saturated heterocycles. The fraction of sp³-hybridized carbons (Fsp3) is 0.625. The number of anilines is 1. The topological polar surface area (TPSA) is 65.7 Å². The lowest BCUT2D eigenvalue weighted by Gasteiger charge is -2.32. The van der Waals surface area contributed by atoms with Crippen LogP contribution in [0.4, 0.5) is 5.69 Å². The van der Waals surface area contributed by atoms with Crippen LogP contribution in [0.15, 0.2) is 12.1 Å². The van der Waals surface area contributed by atoms with Gasteiger partial charge in [0.05, 0.1) is 21.3 Å². The lowest BCUT2D eigenvalue weighted by molar-refractivity contribution is 0.322. The van der Waals surface area contributed by atoms with Gasteiger partial charge in [0.25, 0.3) is 0 Å². The van der Waals surface area contributed by atoms with Crippen LogP contribution in [0.2, 0.25) is 0 Å². The van der Waals surface area contributed by atoms with Crippen LogP contribution in [0, 0.1) is 5.92 Å². The van der Waals surface area contributed by atoms with Crippen LogP contribution in [0.1, 0.15) is 25.7 Å². The van der Waals surface area contributed by atoms with Crippen molar-refractivity contribution in [1.29, 1.82) is 0 Å². The Morgan fingerprint density at radius 2 is 1.67 bits per heavy atom. The van der Waals surface area contributed by atoms with Crippen LogP contribution in [0.25, 0.3) is 0 Å². The van der Waals surface area contributed by atoms with Gasteiger partial charge in [-0.25, -0.2) is 0 Å². The van der Waals surface area contributed by atoms with E-state index in [1.807, 2.05) is 12.1 Å². The molecule has 1 aliphatic carbocycles. The summed E-state index contributed by atoms with van der Waals surface area (Å²) >= 11 is 0. The van der Waals surface area contributed by atoms with Gasteiger partial charge in [0, 0.05) is 23.9 Å². The molecule has 0 aromatic heterocycles. The maximum absolute atomic E-state index is 5.90. The molecule has 1 aromatic carbocycles. The summed E-state index contributed by atoms with van der Waals surface area (Å²) in [4.78, 5) is 0. The number of hydrogen-bond donors (Lipinski definition) is 2. The highest BCUT2D eigenvalue weighted by molar-refractivity contribution is 5.62. The van der Waals surface area contributed by atoms with Crippen molar-refractivity contribution in [2.75, 3.05) is 33.2 Å². The number of hydrogen-bond acceptors (Lipinski definition) is 5. The molecule has 1 aliphatic rings. The lowest BCUT2D eigenvalue weighted by Crippen LogP contribution is -2.36. The van der Waals surface area contributed by atoms with Gasteiger partial charge in [-0.1, -0.05) is 12.8 Å². The van der Waals surface area contributed by atoms with Crippen LogP contribution < -0.4 is 25.3 Å². The molecular weight excluding hydrogens is 268 g/mol. The molecule has 5 heteroatoms. The zero-order chi connectivity index (χ0) is 15.2. The zero-order valence-electron chi connectivity index (χ0n) is 13.1. The van der Waals surface area contributed by atoms with E-state index >= 15 is 0 Å². The van der Waals surface area contributed by atoms with E-state index in [-0.39, 0.29) is 0 Å². The maximum Gasteiger partial charge on any atom is 0.203 e. The van der Waals surface area contributed by atoms with Crippen molar-refractivity contribution >= 4 is 5.69 Å². The second kappa shape index (κ2) is 7.41. The van der Waals surface area contributed by atoms with Crippen LogP contribution in [-0.2, 0) is 0 Å². The summed E-state index contributed by atoms with van der Waals surface area (Å²) in [6.45, 7) is 0.724. The average Bonchev–Trinajstić information content (AvgIpc) is 2.54. The summed E-state index contributed by atoms with van der Waals surface area (Å²) in [6, 6.07) is 4.30. The van der Waals surface area contributed by atoms with Gasteiger partial charge in [0.2, 0.25) is 5.75 Å². The largest absolute Gasteiger partial charge is 0.493 e. The Morgan fingerprint density at radius 1 is 1.05 bits per heavy atom. The van der Waals surface area contributed by atoms with Gasteiger partial charge < -0.3 is 25.3 Å². The van der Waals surface area contributed by atoms with Crippen molar-refractivity contribution in [3.8, 4) is 17.2 Å². The minimum absolute atomic E-state index is 0.409. The molecule has 0 bridgehead atoms. The number of nitrogens with one attached hydrogen (secondary N) is 1. The van der Waals surface area contributed by atoms with E-state index in [2.05, 4.69) is 5.32 Å². The summed E-state index contributed by atoms with van der Waals surface area (Å²) in [5, 5.41) is 3.59. The summed E-state index contributed by atoms with van der Waals surface area (Å²) < 4.78 is 16.1. The van der Waals surface area contributed by atoms with Crippen molar-refractivity contribution in [2.24, 2.45) is 11.7 Å². The van der Waals surface area contributed by atoms with Crippen LogP contribution in [-0.4, -0.2) is 33.9 Å². The molecule has 0 heterocycles. The third-order valence-corrected chi connectivity index (χ3v) is 4.23. The third kappa shape index (κ3) is 3.53. The van der Waals surface area contributed by atoms with E-state index in [4.69, 9.17) is 19.9 Å². The molecule has 1 saturated carbocycles. The molecular formula is C16H26N2O3. The molecule has 0 aliphatic heterocycles. The van der Waals surface area contributed by atoms with Crippen molar-refractivity contribution < 1.29 is 14.2 Å². The Labute approximate surface area is 126 Å². The van der Waals surface area contributed by atoms with Gasteiger partial charge in [-0.15, -0.1) is 0 Å². The summed E-state index contributed by atoms with van der Waals surface area (Å²) in [5.74, 6) is 2.47. The Balaban J connectivity index is 2.23. The van der Waals surface area contributed by atoms with E-state index in [0.29, 0.717) is 29.2 Å². The average molecular weight is 294 g/mol. The van der Waals surface area contributed by atoms with E-state index in [1.54, 1.807) is 21.3 Å². The Bertz CT molecular complexity index is 440. The summed E-state index contributed by atoms with van der Waals surface area (Å²) in [6.07, 6.45) is 4.87. The number of benzene rings is 1. The summed E-state index contributed by atoms with van der Waals surface area (Å²) in [5.41, 5.74) is 6.88. The number of rotatable bonds is 6. The minimum atomic E-state index is 0.409. The van der Waals surface area contributed by atoms with E-state index < -0.39 is 0 Å². The predicted molar refractivity (Wildman–Crippen MR) is 84.5 cm³/mol. The standard InChI is InChI=1S/C16H26N2O3/c1-19-14-8-12(9-15(20-2)16(14)21-3)18-13-7-5-4-6-11(13)10-17/h8-9,11,13,18H,4-7,10,17H2,1-3H3. The SMILES string of the molecule is COc1cc(NC2CCCCC2CN)cc(OC)c1OC. The van der Waals surface area contributed by atoms with Gasteiger partial charge in [0.1, 0.15) is 0 Å². The first-order valence-electron chi connectivity index (χ1n) is 7.50. The quantitative estimate of drug-likeness (QED) is 0.844. The molecule has 0 spiro atoms. The Hall–Kier alpha value is -1.62. The number of nitrogens with two attached hydrogens (primary N) is 1. The van der Waals surface area contributed by atoms with Crippen molar-refractivity contribution in [3.63, 3.8) is 0 Å². The normalized spacial score (nSPS) is 21.7. The first-order chi connectivity index (χ1) is 10.2. The molecule has 3 N–H and O–H groups in total. The van der Waals surface area contributed by atoms with Crippen LogP contribution >= 0.6 is 0 Å². The highest BCUT2D eigenvalue weighted by Gasteiger charge is 2.24. The smallest absolute Gasteiger partial charge is 0.203 e. The Morgan fingerprint density at radius 3 is 2.19 bits per heavy atom. The van der Waals surface area contributed by atoms with Crippen molar-refractivity contribution in [1.82, 2.24) is 0 Å². The molecule has 2 rings (SSSR count). The maximum atomic E-state index is 5.90. The van der Waals surface area contributed by atoms with Crippen LogP contribution in [0.5, 0.6) is 17.2 Å². The van der Waals surface area contributed by atoms with Gasteiger partial charge in [0.15, 0.2) is 11.5 Å². The molecule has 2 atom stereocenters. The van der Waals surface area contributed by atoms with Gasteiger partial charge in [-0.3, -0.25) is 0 Å². The second-order valence-corrected chi connectivity index (χ2v) is 5.45. The molecule has 5 nitrogen and oxygen atoms in total. The predicted octanol–water partition coefficient (Wildman–Crippen LogP) is 2.64. The monoisotopic (exact) mass is 294 g/mol. The highest BCUT2D eigenvalue weighted by Crippen LogP contribution is 2.40. The van der Waals surface area contributed by atoms with Crippen molar-refractivity contribution in [3.05, 3.63) is 12.1 Å². The molecule has 21 heavy (non-hydrogen) atoms. The van der Waals surface area contributed by atoms with Gasteiger partial charge in [-0.05, 0) is 25.3 Å². The molecule has 118 valence electrons. The minimum Gasteiger partial charge on any atom is -0.493 e. The van der Waals surface area contributed by atoms with Crippen molar-refractivity contribution in [2.45, 2.75) is 31.7 Å². The van der Waals surface area contributed by atoms with Gasteiger partial charge in [-0.2, -0.15) is 0 Å². The fourth-order valence-electron chi connectivity index (χ4n) is 3.06. The van der Waals surface area contributed by atoms with Gasteiger partial charge >= 0.3 is 0 Å². The van der Waals surface area contributed by atoms with Crippen LogP contribution in [0.3, 0.4) is 0 Å². The Kier molecular flexibility index (Phi) is 5.56. The van der Waals surface area contributed by atoms with E-state index in [9.17, 15) is 0 Å². The fourth-order valence-corrected chi connectivity index (χ4v) is 3.06. The molecule has 1 fully saturated rings. The number of ether oxygens (including phenoxy) is 3. The lowest BCUT2D eigenvalue weighted by atomic mass is 9.84. The molecule has 0 radical (unpaired) electrons. The zero-order valence-corrected chi connectivity index (χ0v) is 13.1.